The number of hydrogen-bond acceptors (Lipinski definition) is 5. The molecule has 2 aromatic rings. The van der Waals surface area contributed by atoms with E-state index < -0.39 is 0 Å². The third-order valence-corrected chi connectivity index (χ3v) is 5.10. The van der Waals surface area contributed by atoms with Crippen LogP contribution in [0.5, 0.6) is 11.5 Å². The Hall–Kier alpha value is -1.61. The maximum Gasteiger partial charge on any atom is 0.245 e. The fourth-order valence-corrected chi connectivity index (χ4v) is 3.60. The number of amides is 1. The number of methoxy groups -OCH3 is 1. The molecule has 0 aliphatic heterocycles. The number of para-hydroxylation sites is 4. The summed E-state index contributed by atoms with van der Waals surface area (Å²) in [7, 11) is 3.06. The highest BCUT2D eigenvalue weighted by atomic mass is 127. The molecule has 0 atom stereocenters. The van der Waals surface area contributed by atoms with Crippen molar-refractivity contribution in [2.45, 2.75) is 6.92 Å². The average Bonchev–Trinajstić information content (AvgIpc) is 2.61. The van der Waals surface area contributed by atoms with Gasteiger partial charge in [-0.2, -0.15) is 0 Å². The van der Waals surface area contributed by atoms with Gasteiger partial charge in [-0.15, -0.1) is 0 Å². The van der Waals surface area contributed by atoms with E-state index in [4.69, 9.17) is 9.47 Å². The molecule has 0 aliphatic carbocycles. The number of ether oxygens (including phenoxy) is 2. The molecule has 1 amide bonds. The van der Waals surface area contributed by atoms with Crippen LogP contribution in [0, 0.1) is 0 Å². The largest absolute Gasteiger partial charge is 0.495 e. The number of carbonyl (C=O) groups excluding carboxylic acids is 1. The van der Waals surface area contributed by atoms with E-state index in [2.05, 4.69) is 26.5 Å². The van der Waals surface area contributed by atoms with Crippen molar-refractivity contribution in [1.29, 1.82) is 0 Å². The molecule has 0 saturated heterocycles. The van der Waals surface area contributed by atoms with Crippen molar-refractivity contribution >= 4 is 47.6 Å². The monoisotopic (exact) mass is 458 g/mol. The lowest BCUT2D eigenvalue weighted by Crippen LogP contribution is -2.28. The number of carbonyl (C=O) groups is 1. The van der Waals surface area contributed by atoms with Gasteiger partial charge < -0.3 is 14.8 Å². The van der Waals surface area contributed by atoms with E-state index in [0.717, 1.165) is 11.4 Å². The Morgan fingerprint density at radius 3 is 2.50 bits per heavy atom. The van der Waals surface area contributed by atoms with E-state index in [1.165, 1.54) is 9.12 Å². The van der Waals surface area contributed by atoms with Crippen molar-refractivity contribution in [3.8, 4) is 11.5 Å². The normalized spacial score (nSPS) is 10.1. The standard InChI is InChI=1S/C17H19IN2O3S/c1-3-23-15-10-6-4-8-13(15)19-17(21)12-20(24-18)14-9-5-7-11-16(14)22-2/h4-11H,3,12H2,1-2H3,(H,19,21). The zero-order chi connectivity index (χ0) is 17.4. The van der Waals surface area contributed by atoms with Gasteiger partial charge in [-0.25, -0.2) is 0 Å². The molecule has 2 rings (SSSR count). The first-order valence-electron chi connectivity index (χ1n) is 7.40. The number of rotatable bonds is 8. The second-order valence-corrected chi connectivity index (χ2v) is 6.52. The zero-order valence-corrected chi connectivity index (χ0v) is 16.5. The molecule has 0 aromatic heterocycles. The summed E-state index contributed by atoms with van der Waals surface area (Å²) >= 11 is 2.15. The maximum atomic E-state index is 12.4. The Bertz CT molecular complexity index is 684. The lowest BCUT2D eigenvalue weighted by atomic mass is 10.2. The van der Waals surface area contributed by atoms with Gasteiger partial charge in [-0.1, -0.05) is 24.3 Å². The molecule has 0 unspecified atom stereocenters. The molecular formula is C17H19IN2O3S. The third-order valence-electron chi connectivity index (χ3n) is 3.19. The minimum Gasteiger partial charge on any atom is -0.495 e. The first-order chi connectivity index (χ1) is 11.7. The van der Waals surface area contributed by atoms with E-state index in [0.29, 0.717) is 18.0 Å². The first-order valence-corrected chi connectivity index (χ1v) is 10.7. The zero-order valence-electron chi connectivity index (χ0n) is 13.5. The van der Waals surface area contributed by atoms with Crippen LogP contribution < -0.4 is 19.1 Å². The third kappa shape index (κ3) is 4.94. The first kappa shape index (κ1) is 18.7. The molecule has 5 nitrogen and oxygen atoms in total. The van der Waals surface area contributed by atoms with Crippen molar-refractivity contribution in [1.82, 2.24) is 0 Å². The molecule has 24 heavy (non-hydrogen) atoms. The highest BCUT2D eigenvalue weighted by Crippen LogP contribution is 2.34. The van der Waals surface area contributed by atoms with E-state index in [9.17, 15) is 4.79 Å². The minimum atomic E-state index is -0.128. The van der Waals surface area contributed by atoms with Gasteiger partial charge >= 0.3 is 0 Å². The second kappa shape index (κ2) is 9.63. The van der Waals surface area contributed by atoms with Gasteiger partial charge in [0.15, 0.2) is 0 Å². The molecule has 0 saturated carbocycles. The lowest BCUT2D eigenvalue weighted by Gasteiger charge is -2.22. The summed E-state index contributed by atoms with van der Waals surface area (Å²) in [5.41, 5.74) is 1.52. The van der Waals surface area contributed by atoms with Crippen LogP contribution in [0.4, 0.5) is 11.4 Å². The van der Waals surface area contributed by atoms with E-state index in [-0.39, 0.29) is 12.5 Å². The summed E-state index contributed by atoms with van der Waals surface area (Å²) in [6.45, 7) is 2.65. The second-order valence-electron chi connectivity index (χ2n) is 4.75. The van der Waals surface area contributed by atoms with Gasteiger partial charge in [0, 0.05) is 30.3 Å². The molecule has 0 fully saturated rings. The maximum absolute atomic E-state index is 12.4. The molecule has 0 aliphatic rings. The molecule has 1 N–H and O–H groups in total. The Morgan fingerprint density at radius 1 is 1.17 bits per heavy atom. The minimum absolute atomic E-state index is 0.128. The fraction of sp³-hybridized carbons (Fsp3) is 0.235. The van der Waals surface area contributed by atoms with Gasteiger partial charge in [0.05, 0.1) is 25.1 Å². The number of nitrogens with zero attached hydrogens (tertiary/aromatic N) is 1. The summed E-state index contributed by atoms with van der Waals surface area (Å²) in [4.78, 5) is 12.4. The van der Waals surface area contributed by atoms with Crippen LogP contribution in [0.15, 0.2) is 48.5 Å². The van der Waals surface area contributed by atoms with Crippen LogP contribution >= 0.6 is 30.3 Å². The van der Waals surface area contributed by atoms with Crippen molar-refractivity contribution < 1.29 is 14.3 Å². The molecule has 7 heteroatoms. The van der Waals surface area contributed by atoms with Crippen molar-refractivity contribution in [2.75, 3.05) is 29.9 Å². The fourth-order valence-electron chi connectivity index (χ4n) is 2.15. The predicted molar refractivity (Wildman–Crippen MR) is 108 cm³/mol. The summed E-state index contributed by atoms with van der Waals surface area (Å²) in [5, 5.41) is 2.90. The molecule has 0 bridgehead atoms. The summed E-state index contributed by atoms with van der Waals surface area (Å²) < 4.78 is 12.8. The number of hydrogen-bond donors (Lipinski definition) is 1. The summed E-state index contributed by atoms with van der Waals surface area (Å²) in [5.74, 6) is 1.26. The van der Waals surface area contributed by atoms with Crippen molar-refractivity contribution in [3.63, 3.8) is 0 Å². The Balaban J connectivity index is 2.10. The molecule has 0 spiro atoms. The topological polar surface area (TPSA) is 50.8 Å². The molecular weight excluding hydrogens is 439 g/mol. The SMILES string of the molecule is CCOc1ccccc1NC(=O)CN(SI)c1ccccc1OC. The summed E-state index contributed by atoms with van der Waals surface area (Å²) in [6, 6.07) is 15.0. The molecule has 0 radical (unpaired) electrons. The average molecular weight is 458 g/mol. The highest BCUT2D eigenvalue weighted by molar-refractivity contribution is 14.2. The van der Waals surface area contributed by atoms with Crippen LogP contribution in [0.2, 0.25) is 0 Å². The number of benzene rings is 2. The molecule has 0 heterocycles. The molecule has 2 aromatic carbocycles. The van der Waals surface area contributed by atoms with Crippen LogP contribution in [-0.2, 0) is 4.79 Å². The van der Waals surface area contributed by atoms with Crippen LogP contribution in [0.1, 0.15) is 6.92 Å². The number of halogens is 1. The van der Waals surface area contributed by atoms with E-state index >= 15 is 0 Å². The summed E-state index contributed by atoms with van der Waals surface area (Å²) in [6.07, 6.45) is 0. The van der Waals surface area contributed by atoms with Gasteiger partial charge in [0.1, 0.15) is 18.0 Å². The lowest BCUT2D eigenvalue weighted by molar-refractivity contribution is -0.114. The smallest absolute Gasteiger partial charge is 0.245 e. The number of anilines is 2. The molecule has 128 valence electrons. The predicted octanol–water partition coefficient (Wildman–Crippen LogP) is 4.54. The van der Waals surface area contributed by atoms with E-state index in [1.54, 1.807) is 7.11 Å². The van der Waals surface area contributed by atoms with Crippen molar-refractivity contribution in [2.24, 2.45) is 0 Å². The Morgan fingerprint density at radius 2 is 1.83 bits per heavy atom. The van der Waals surface area contributed by atoms with Crippen molar-refractivity contribution in [3.05, 3.63) is 48.5 Å². The van der Waals surface area contributed by atoms with Crippen LogP contribution in [-0.4, -0.2) is 26.2 Å². The Labute approximate surface area is 158 Å². The van der Waals surface area contributed by atoms with Gasteiger partial charge in [0.2, 0.25) is 5.91 Å². The van der Waals surface area contributed by atoms with Gasteiger partial charge in [-0.05, 0) is 31.2 Å². The van der Waals surface area contributed by atoms with Gasteiger partial charge in [-0.3, -0.25) is 9.10 Å². The van der Waals surface area contributed by atoms with Crippen LogP contribution in [0.25, 0.3) is 0 Å². The van der Waals surface area contributed by atoms with E-state index in [1.807, 2.05) is 59.8 Å². The van der Waals surface area contributed by atoms with Gasteiger partial charge in [0.25, 0.3) is 0 Å². The quantitative estimate of drug-likeness (QED) is 0.465. The number of nitrogens with one attached hydrogen (secondary N) is 1. The highest BCUT2D eigenvalue weighted by Gasteiger charge is 2.16. The van der Waals surface area contributed by atoms with Crippen LogP contribution in [0.3, 0.4) is 0 Å². The Kier molecular flexibility index (Phi) is 7.51.